The van der Waals surface area contributed by atoms with Crippen LogP contribution in [0.3, 0.4) is 0 Å². The van der Waals surface area contributed by atoms with E-state index in [4.69, 9.17) is 0 Å². The average molecular weight is 256 g/mol. The molecular weight excluding hydrogens is 234 g/mol. The van der Waals surface area contributed by atoms with Crippen molar-refractivity contribution in [3.05, 3.63) is 23.8 Å². The number of allylic oxidation sites excluding steroid dienone is 3. The molecule has 0 aliphatic heterocycles. The van der Waals surface area contributed by atoms with Crippen LogP contribution in [-0.4, -0.2) is 8.80 Å². The Bertz CT molecular complexity index is 328. The normalized spacial score (nSPS) is 12.4. The molecule has 96 valence electrons. The second kappa shape index (κ2) is 9.18. The number of unbranched alkanes of at least 4 members (excludes halogenated alkanes) is 1. The van der Waals surface area contributed by atoms with Crippen LogP contribution in [0.2, 0.25) is 18.6 Å². The molecule has 0 bridgehead atoms. The summed E-state index contributed by atoms with van der Waals surface area (Å²) in [6.45, 7) is 8.14. The molecule has 0 amide bonds. The van der Waals surface area contributed by atoms with Crippen LogP contribution in [0, 0.1) is 11.8 Å². The minimum absolute atomic E-state index is 0.137. The smallest absolute Gasteiger partial charge is 0.172 e. The van der Waals surface area contributed by atoms with Gasteiger partial charge >= 0.3 is 0 Å². The molecule has 0 aromatic heterocycles. The molecule has 0 saturated heterocycles. The van der Waals surface area contributed by atoms with Crippen molar-refractivity contribution in [2.75, 3.05) is 0 Å². The molecule has 0 nitrogen and oxygen atoms in total. The minimum atomic E-state index is -1.69. The molecule has 0 spiro atoms. The van der Waals surface area contributed by atoms with E-state index < -0.39 is 14.9 Å². The molecule has 1 unspecified atom stereocenters. The summed E-state index contributed by atoms with van der Waals surface area (Å²) in [4.78, 5) is 0. The monoisotopic (exact) mass is 256 g/mol. The van der Waals surface area contributed by atoms with Crippen molar-refractivity contribution in [3.63, 3.8) is 0 Å². The van der Waals surface area contributed by atoms with Crippen LogP contribution >= 0.6 is 0 Å². The fourth-order valence-corrected chi connectivity index (χ4v) is 2.92. The molecule has 0 aliphatic rings. The van der Waals surface area contributed by atoms with Gasteiger partial charge in [-0.1, -0.05) is 50.8 Å². The van der Waals surface area contributed by atoms with Gasteiger partial charge < -0.3 is 0 Å². The highest BCUT2D eigenvalue weighted by Crippen LogP contribution is 2.20. The molecule has 0 aromatic rings. The summed E-state index contributed by atoms with van der Waals surface area (Å²) < 4.78 is 24.1. The minimum Gasteiger partial charge on any atom is -0.172 e. The maximum absolute atomic E-state index is 12.1. The highest BCUT2D eigenvalue weighted by Gasteiger charge is 2.09. The van der Waals surface area contributed by atoms with E-state index in [-0.39, 0.29) is 5.57 Å². The zero-order valence-corrected chi connectivity index (χ0v) is 12.3. The van der Waals surface area contributed by atoms with E-state index in [1.807, 2.05) is 0 Å². The standard InChI is InChI=1S/C14H22F2Si/c1-5-6-10-13(17(3)4)11-8-7-9-12(2)14(15)16/h8,11,13,17H,5-6,10H2,1-4H3. The summed E-state index contributed by atoms with van der Waals surface area (Å²) >= 11 is 0. The lowest BCUT2D eigenvalue weighted by molar-refractivity contribution is 0.415. The van der Waals surface area contributed by atoms with Crippen LogP contribution in [0.1, 0.15) is 33.1 Å². The first-order chi connectivity index (χ1) is 7.99. The van der Waals surface area contributed by atoms with Gasteiger partial charge in [0.1, 0.15) is 0 Å². The van der Waals surface area contributed by atoms with Crippen LogP contribution in [0.25, 0.3) is 0 Å². The lowest BCUT2D eigenvalue weighted by atomic mass is 10.2. The molecule has 3 heteroatoms. The van der Waals surface area contributed by atoms with Gasteiger partial charge in [-0.15, -0.1) is 0 Å². The van der Waals surface area contributed by atoms with E-state index in [1.54, 1.807) is 6.08 Å². The van der Waals surface area contributed by atoms with E-state index >= 15 is 0 Å². The third kappa shape index (κ3) is 7.92. The largest absolute Gasteiger partial charge is 0.281 e. The van der Waals surface area contributed by atoms with Gasteiger partial charge in [-0.2, -0.15) is 8.78 Å². The molecule has 0 heterocycles. The van der Waals surface area contributed by atoms with E-state index in [1.165, 1.54) is 26.2 Å². The maximum atomic E-state index is 12.1. The molecule has 0 radical (unpaired) electrons. The van der Waals surface area contributed by atoms with Crippen molar-refractivity contribution in [2.24, 2.45) is 0 Å². The van der Waals surface area contributed by atoms with Gasteiger partial charge in [-0.05, 0) is 25.0 Å². The van der Waals surface area contributed by atoms with Gasteiger partial charge in [0.2, 0.25) is 0 Å². The van der Waals surface area contributed by atoms with Crippen molar-refractivity contribution < 1.29 is 8.78 Å². The fourth-order valence-electron chi connectivity index (χ4n) is 1.46. The van der Waals surface area contributed by atoms with Crippen molar-refractivity contribution in [1.29, 1.82) is 0 Å². The van der Waals surface area contributed by atoms with E-state index in [0.29, 0.717) is 5.54 Å². The number of rotatable bonds is 5. The first-order valence-electron chi connectivity index (χ1n) is 6.19. The molecule has 0 N–H and O–H groups in total. The van der Waals surface area contributed by atoms with Crippen molar-refractivity contribution >= 4 is 8.80 Å². The predicted octanol–water partition coefficient (Wildman–Crippen LogP) is 4.76. The zero-order chi connectivity index (χ0) is 13.3. The summed E-state index contributed by atoms with van der Waals surface area (Å²) in [5.74, 6) is 5.12. The van der Waals surface area contributed by atoms with Gasteiger partial charge in [0.25, 0.3) is 6.08 Å². The van der Waals surface area contributed by atoms with Gasteiger partial charge in [-0.3, -0.25) is 0 Å². The number of hydrogen-bond acceptors (Lipinski definition) is 0. The Labute approximate surface area is 105 Å². The number of halogens is 2. The van der Waals surface area contributed by atoms with Crippen molar-refractivity contribution in [3.8, 4) is 11.8 Å². The fraction of sp³-hybridized carbons (Fsp3) is 0.571. The molecule has 0 saturated carbocycles. The average Bonchev–Trinajstić information content (AvgIpc) is 2.27. The van der Waals surface area contributed by atoms with Crippen LogP contribution in [0.15, 0.2) is 23.8 Å². The summed E-state index contributed by atoms with van der Waals surface area (Å²) in [6.07, 6.45) is 5.78. The SMILES string of the molecule is CCCCC(C=CC#CC(C)=C(F)F)[SiH](C)C. The van der Waals surface area contributed by atoms with Gasteiger partial charge in [0.05, 0.1) is 5.57 Å². The third-order valence-corrected chi connectivity index (χ3v) is 4.99. The quantitative estimate of drug-likeness (QED) is 0.491. The van der Waals surface area contributed by atoms with Crippen LogP contribution in [-0.2, 0) is 0 Å². The molecule has 17 heavy (non-hydrogen) atoms. The van der Waals surface area contributed by atoms with Crippen LogP contribution in [0.5, 0.6) is 0 Å². The second-order valence-corrected chi connectivity index (χ2v) is 7.91. The van der Waals surface area contributed by atoms with Crippen molar-refractivity contribution in [2.45, 2.75) is 51.7 Å². The Morgan fingerprint density at radius 1 is 1.35 bits per heavy atom. The topological polar surface area (TPSA) is 0 Å². The third-order valence-electron chi connectivity index (χ3n) is 2.72. The first-order valence-corrected chi connectivity index (χ1v) is 9.16. The molecular formula is C14H22F2Si. The molecule has 0 fully saturated rings. The molecule has 0 rings (SSSR count). The Balaban J connectivity index is 4.41. The highest BCUT2D eigenvalue weighted by atomic mass is 28.3. The van der Waals surface area contributed by atoms with Gasteiger partial charge in [0, 0.05) is 8.80 Å². The number of hydrogen-bond donors (Lipinski definition) is 0. The van der Waals surface area contributed by atoms with E-state index in [9.17, 15) is 8.78 Å². The molecule has 0 aromatic carbocycles. The lowest BCUT2D eigenvalue weighted by Gasteiger charge is -2.14. The Kier molecular flexibility index (Phi) is 8.70. The highest BCUT2D eigenvalue weighted by molar-refractivity contribution is 6.58. The summed E-state index contributed by atoms with van der Waals surface area (Å²) in [5.41, 5.74) is 0.491. The van der Waals surface area contributed by atoms with Gasteiger partial charge in [0.15, 0.2) is 0 Å². The summed E-state index contributed by atoms with van der Waals surface area (Å²) in [5, 5.41) is 0. The molecule has 1 atom stereocenters. The Hall–Kier alpha value is -0.883. The molecule has 0 aliphatic carbocycles. The van der Waals surface area contributed by atoms with Crippen LogP contribution in [0.4, 0.5) is 8.78 Å². The second-order valence-electron chi connectivity index (χ2n) is 4.56. The van der Waals surface area contributed by atoms with Gasteiger partial charge in [-0.25, -0.2) is 0 Å². The summed E-state index contributed by atoms with van der Waals surface area (Å²) in [6, 6.07) is 0. The zero-order valence-electron chi connectivity index (χ0n) is 11.2. The van der Waals surface area contributed by atoms with E-state index in [0.717, 1.165) is 0 Å². The Morgan fingerprint density at radius 3 is 2.47 bits per heavy atom. The first kappa shape index (κ1) is 16.1. The predicted molar refractivity (Wildman–Crippen MR) is 74.0 cm³/mol. The van der Waals surface area contributed by atoms with E-state index in [2.05, 4.69) is 37.9 Å². The van der Waals surface area contributed by atoms with Crippen LogP contribution < -0.4 is 0 Å². The maximum Gasteiger partial charge on any atom is 0.281 e. The lowest BCUT2D eigenvalue weighted by Crippen LogP contribution is -2.09. The summed E-state index contributed by atoms with van der Waals surface area (Å²) in [7, 11) is -0.719. The Morgan fingerprint density at radius 2 is 2.00 bits per heavy atom. The van der Waals surface area contributed by atoms with Crippen molar-refractivity contribution in [1.82, 2.24) is 0 Å².